The number of para-hydroxylation sites is 1. The number of benzene rings is 3. The fourth-order valence-electron chi connectivity index (χ4n) is 3.87. The predicted octanol–water partition coefficient (Wildman–Crippen LogP) is 6.08. The Labute approximate surface area is 185 Å². The molecular weight excluding hydrogens is 440 g/mol. The summed E-state index contributed by atoms with van der Waals surface area (Å²) in [5.74, 6) is 0.703. The van der Waals surface area contributed by atoms with Crippen LogP contribution in [0.25, 0.3) is 0 Å². The van der Waals surface area contributed by atoms with E-state index in [0.29, 0.717) is 18.8 Å². The van der Waals surface area contributed by atoms with Crippen LogP contribution in [-0.2, 0) is 0 Å². The third-order valence-corrected chi connectivity index (χ3v) is 5.94. The lowest BCUT2D eigenvalue weighted by Gasteiger charge is -2.31. The SMILES string of the molecule is CCOc1cccc([C@H]2CC(c3ccc(Br)cc3)=N[C@@H](c3ccccc3C)N2)c1O. The minimum atomic E-state index is -0.196. The molecule has 4 rings (SSSR count). The maximum absolute atomic E-state index is 10.9. The van der Waals surface area contributed by atoms with Gasteiger partial charge in [-0.15, -0.1) is 0 Å². The molecule has 0 spiro atoms. The smallest absolute Gasteiger partial charge is 0.162 e. The molecule has 154 valence electrons. The van der Waals surface area contributed by atoms with E-state index < -0.39 is 0 Å². The third-order valence-electron chi connectivity index (χ3n) is 5.41. The van der Waals surface area contributed by atoms with Gasteiger partial charge in [0.1, 0.15) is 6.17 Å². The Morgan fingerprint density at radius 2 is 1.77 bits per heavy atom. The molecule has 5 heteroatoms. The van der Waals surface area contributed by atoms with Crippen molar-refractivity contribution in [3.63, 3.8) is 0 Å². The van der Waals surface area contributed by atoms with Gasteiger partial charge in [0.2, 0.25) is 0 Å². The van der Waals surface area contributed by atoms with Crippen LogP contribution in [0, 0.1) is 6.92 Å². The van der Waals surface area contributed by atoms with Crippen molar-refractivity contribution in [2.45, 2.75) is 32.5 Å². The number of halogens is 1. The molecular formula is C25H25BrN2O2. The summed E-state index contributed by atoms with van der Waals surface area (Å²) in [6, 6.07) is 22.1. The number of aliphatic imine (C=N–C) groups is 1. The predicted molar refractivity (Wildman–Crippen MR) is 124 cm³/mol. The van der Waals surface area contributed by atoms with Gasteiger partial charge in [-0.05, 0) is 48.7 Å². The van der Waals surface area contributed by atoms with Gasteiger partial charge in [-0.3, -0.25) is 10.3 Å². The lowest BCUT2D eigenvalue weighted by atomic mass is 9.92. The van der Waals surface area contributed by atoms with Gasteiger partial charge in [-0.2, -0.15) is 0 Å². The molecule has 30 heavy (non-hydrogen) atoms. The van der Waals surface area contributed by atoms with Gasteiger partial charge in [0.15, 0.2) is 11.5 Å². The Morgan fingerprint density at radius 1 is 1.03 bits per heavy atom. The molecule has 0 saturated carbocycles. The van der Waals surface area contributed by atoms with Crippen molar-refractivity contribution in [2.75, 3.05) is 6.61 Å². The minimum Gasteiger partial charge on any atom is -0.504 e. The van der Waals surface area contributed by atoms with E-state index in [1.165, 1.54) is 5.56 Å². The van der Waals surface area contributed by atoms with E-state index in [2.05, 4.69) is 52.4 Å². The Kier molecular flexibility index (Phi) is 6.21. The Bertz CT molecular complexity index is 1060. The van der Waals surface area contributed by atoms with Crippen molar-refractivity contribution in [3.05, 3.63) is 93.5 Å². The molecule has 0 aliphatic carbocycles. The highest BCUT2D eigenvalue weighted by Crippen LogP contribution is 2.39. The van der Waals surface area contributed by atoms with E-state index in [1.807, 2.05) is 43.3 Å². The van der Waals surface area contributed by atoms with E-state index >= 15 is 0 Å². The number of phenolic OH excluding ortho intramolecular Hbond substituents is 1. The molecule has 0 unspecified atom stereocenters. The summed E-state index contributed by atoms with van der Waals surface area (Å²) >= 11 is 3.51. The first-order valence-corrected chi connectivity index (χ1v) is 10.9. The molecule has 0 amide bonds. The van der Waals surface area contributed by atoms with Crippen molar-refractivity contribution >= 4 is 21.6 Å². The number of aryl methyl sites for hydroxylation is 1. The highest BCUT2D eigenvalue weighted by atomic mass is 79.9. The van der Waals surface area contributed by atoms with Crippen LogP contribution in [0.1, 0.15) is 47.8 Å². The van der Waals surface area contributed by atoms with Crippen molar-refractivity contribution in [1.82, 2.24) is 5.32 Å². The Morgan fingerprint density at radius 3 is 2.50 bits per heavy atom. The average Bonchev–Trinajstić information content (AvgIpc) is 2.76. The Balaban J connectivity index is 1.77. The number of nitrogens with zero attached hydrogens (tertiary/aromatic N) is 1. The molecule has 0 bridgehead atoms. The highest BCUT2D eigenvalue weighted by molar-refractivity contribution is 9.10. The fourth-order valence-corrected chi connectivity index (χ4v) is 4.13. The van der Waals surface area contributed by atoms with Crippen LogP contribution in [-0.4, -0.2) is 17.4 Å². The fraction of sp³-hybridized carbons (Fsp3) is 0.240. The first kappa shape index (κ1) is 20.6. The summed E-state index contributed by atoms with van der Waals surface area (Å²) in [5, 5.41) is 14.5. The molecule has 0 radical (unpaired) electrons. The van der Waals surface area contributed by atoms with Crippen LogP contribution in [0.3, 0.4) is 0 Å². The van der Waals surface area contributed by atoms with Gasteiger partial charge in [-0.25, -0.2) is 0 Å². The summed E-state index contributed by atoms with van der Waals surface area (Å²) in [6.07, 6.45) is 0.478. The lowest BCUT2D eigenvalue weighted by Crippen LogP contribution is -2.33. The number of hydrogen-bond acceptors (Lipinski definition) is 4. The first-order chi connectivity index (χ1) is 14.6. The van der Waals surface area contributed by atoms with E-state index in [-0.39, 0.29) is 18.0 Å². The van der Waals surface area contributed by atoms with E-state index in [4.69, 9.17) is 9.73 Å². The van der Waals surface area contributed by atoms with Crippen molar-refractivity contribution in [2.24, 2.45) is 4.99 Å². The normalized spacial score (nSPS) is 18.7. The summed E-state index contributed by atoms with van der Waals surface area (Å²) < 4.78 is 6.65. The quantitative estimate of drug-likeness (QED) is 0.480. The molecule has 0 aromatic heterocycles. The zero-order chi connectivity index (χ0) is 21.1. The number of ether oxygens (including phenoxy) is 1. The summed E-state index contributed by atoms with van der Waals surface area (Å²) in [7, 11) is 0. The van der Waals surface area contributed by atoms with Gasteiger partial charge < -0.3 is 9.84 Å². The summed E-state index contributed by atoms with van der Waals surface area (Å²) in [5.41, 5.74) is 5.24. The van der Waals surface area contributed by atoms with Gasteiger partial charge >= 0.3 is 0 Å². The second-order valence-corrected chi connectivity index (χ2v) is 8.31. The Hall–Kier alpha value is -2.63. The molecule has 1 aliphatic heterocycles. The standard InChI is InChI=1S/C25H25BrN2O2/c1-3-30-23-10-6-9-20(24(23)29)22-15-21(17-11-13-18(26)14-12-17)27-25(28-22)19-8-5-4-7-16(19)2/h4-14,22,25,28-29H,3,15H2,1-2H3/t22-,25-/m1/s1. The minimum absolute atomic E-state index is 0.0915. The lowest BCUT2D eigenvalue weighted by molar-refractivity contribution is 0.313. The van der Waals surface area contributed by atoms with Crippen molar-refractivity contribution in [1.29, 1.82) is 0 Å². The van der Waals surface area contributed by atoms with Crippen LogP contribution >= 0.6 is 15.9 Å². The van der Waals surface area contributed by atoms with E-state index in [1.54, 1.807) is 6.07 Å². The van der Waals surface area contributed by atoms with Gasteiger partial charge in [0.05, 0.1) is 6.61 Å². The molecule has 2 N–H and O–H groups in total. The van der Waals surface area contributed by atoms with Crippen LogP contribution in [0.2, 0.25) is 0 Å². The zero-order valence-electron chi connectivity index (χ0n) is 17.1. The number of nitrogens with one attached hydrogen (secondary N) is 1. The molecule has 1 heterocycles. The molecule has 0 fully saturated rings. The second-order valence-electron chi connectivity index (χ2n) is 7.39. The van der Waals surface area contributed by atoms with Crippen molar-refractivity contribution < 1.29 is 9.84 Å². The molecule has 3 aromatic rings. The van der Waals surface area contributed by atoms with Crippen LogP contribution in [0.5, 0.6) is 11.5 Å². The molecule has 0 saturated heterocycles. The number of phenols is 1. The maximum atomic E-state index is 10.9. The third kappa shape index (κ3) is 4.27. The van der Waals surface area contributed by atoms with Crippen molar-refractivity contribution in [3.8, 4) is 11.5 Å². The molecule has 2 atom stereocenters. The topological polar surface area (TPSA) is 53.8 Å². The average molecular weight is 465 g/mol. The van der Waals surface area contributed by atoms with Crippen LogP contribution in [0.4, 0.5) is 0 Å². The van der Waals surface area contributed by atoms with Gasteiger partial charge in [-0.1, -0.05) is 64.5 Å². The number of aromatic hydroxyl groups is 1. The van der Waals surface area contributed by atoms with Crippen LogP contribution < -0.4 is 10.1 Å². The van der Waals surface area contributed by atoms with Gasteiger partial charge in [0.25, 0.3) is 0 Å². The number of hydrogen-bond donors (Lipinski definition) is 2. The van der Waals surface area contributed by atoms with Crippen LogP contribution in [0.15, 0.2) is 76.2 Å². The zero-order valence-corrected chi connectivity index (χ0v) is 18.7. The van der Waals surface area contributed by atoms with E-state index in [9.17, 15) is 5.11 Å². The summed E-state index contributed by atoms with van der Waals surface area (Å²) in [4.78, 5) is 5.05. The molecule has 4 nitrogen and oxygen atoms in total. The largest absolute Gasteiger partial charge is 0.504 e. The summed E-state index contributed by atoms with van der Waals surface area (Å²) in [6.45, 7) is 4.52. The molecule has 3 aromatic carbocycles. The highest BCUT2D eigenvalue weighted by Gasteiger charge is 2.29. The molecule has 1 aliphatic rings. The van der Waals surface area contributed by atoms with Gasteiger partial charge in [0, 0.05) is 28.2 Å². The second kappa shape index (κ2) is 9.02. The number of rotatable bonds is 5. The maximum Gasteiger partial charge on any atom is 0.162 e. The van der Waals surface area contributed by atoms with E-state index in [0.717, 1.165) is 26.9 Å². The monoisotopic (exact) mass is 464 g/mol. The first-order valence-electron chi connectivity index (χ1n) is 10.2.